The fourth-order valence-corrected chi connectivity index (χ4v) is 2.91. The highest BCUT2D eigenvalue weighted by molar-refractivity contribution is 6.35. The molecule has 0 saturated carbocycles. The first-order valence-corrected chi connectivity index (χ1v) is 8.59. The number of carbonyl (C=O) groups excluding carboxylic acids is 1. The number of hydrogen-bond donors (Lipinski definition) is 1. The molecule has 1 amide bonds. The van der Waals surface area contributed by atoms with Crippen LogP contribution in [0.5, 0.6) is 5.75 Å². The van der Waals surface area contributed by atoms with Crippen molar-refractivity contribution >= 4 is 34.8 Å². The molecule has 3 rings (SSSR count). The lowest BCUT2D eigenvalue weighted by molar-refractivity contribution is 0.0992. The number of nitrogens with one attached hydrogen (secondary N) is 1. The zero-order valence-corrected chi connectivity index (χ0v) is 16.0. The third-order valence-corrected chi connectivity index (χ3v) is 4.43. The first kappa shape index (κ1) is 18.4. The van der Waals surface area contributed by atoms with Crippen LogP contribution in [0.1, 0.15) is 27.7 Å². The Morgan fingerprint density at radius 2 is 2.04 bits per heavy atom. The maximum atomic E-state index is 12.4. The van der Waals surface area contributed by atoms with E-state index in [9.17, 15) is 4.79 Å². The molecule has 0 aliphatic heterocycles. The summed E-state index contributed by atoms with van der Waals surface area (Å²) in [6, 6.07) is 8.23. The Kier molecular flexibility index (Phi) is 5.25. The summed E-state index contributed by atoms with van der Waals surface area (Å²) in [5.74, 6) is 0.828. The van der Waals surface area contributed by atoms with Crippen molar-refractivity contribution in [1.29, 1.82) is 0 Å². The van der Waals surface area contributed by atoms with Gasteiger partial charge in [-0.15, -0.1) is 0 Å². The van der Waals surface area contributed by atoms with Gasteiger partial charge in [-0.3, -0.25) is 9.48 Å². The van der Waals surface area contributed by atoms with Gasteiger partial charge in [-0.1, -0.05) is 23.2 Å². The van der Waals surface area contributed by atoms with Crippen LogP contribution < -0.4 is 10.1 Å². The minimum atomic E-state index is -0.347. The van der Waals surface area contributed by atoms with Gasteiger partial charge in [-0.05, 0) is 44.2 Å². The number of furan rings is 1. The zero-order chi connectivity index (χ0) is 18.8. The Balaban J connectivity index is 1.66. The third-order valence-electron chi connectivity index (χ3n) is 3.90. The van der Waals surface area contributed by atoms with Gasteiger partial charge in [0.2, 0.25) is 0 Å². The molecule has 0 fully saturated rings. The predicted octanol–water partition coefficient (Wildman–Crippen LogP) is 4.77. The SMILES string of the molecule is Cc1nn(C)c(C)c1NC(=O)c1ccc(COc2ccc(Cl)cc2Cl)o1. The van der Waals surface area contributed by atoms with Gasteiger partial charge in [0.25, 0.3) is 5.91 Å². The molecular formula is C18H17Cl2N3O3. The molecule has 26 heavy (non-hydrogen) atoms. The number of aromatic nitrogens is 2. The number of ether oxygens (including phenoxy) is 1. The van der Waals surface area contributed by atoms with Crippen LogP contribution in [0.2, 0.25) is 10.0 Å². The van der Waals surface area contributed by atoms with Crippen LogP contribution in [0, 0.1) is 13.8 Å². The molecule has 0 atom stereocenters. The molecule has 0 aliphatic carbocycles. The van der Waals surface area contributed by atoms with Crippen molar-refractivity contribution in [1.82, 2.24) is 9.78 Å². The van der Waals surface area contributed by atoms with E-state index >= 15 is 0 Å². The number of aryl methyl sites for hydroxylation is 2. The van der Waals surface area contributed by atoms with Crippen LogP contribution in [0.3, 0.4) is 0 Å². The van der Waals surface area contributed by atoms with E-state index in [0.717, 1.165) is 11.4 Å². The van der Waals surface area contributed by atoms with Crippen molar-refractivity contribution < 1.29 is 13.9 Å². The molecule has 2 aromatic heterocycles. The number of benzene rings is 1. The second kappa shape index (κ2) is 7.43. The third kappa shape index (κ3) is 3.86. The minimum Gasteiger partial charge on any atom is -0.484 e. The number of nitrogens with zero attached hydrogens (tertiary/aromatic N) is 2. The standard InChI is InChI=1S/C18H17Cl2N3O3/c1-10-17(11(2)23(3)22-10)21-18(24)16-7-5-13(26-16)9-25-15-6-4-12(19)8-14(15)20/h4-8H,9H2,1-3H3,(H,21,24). The predicted molar refractivity (Wildman–Crippen MR) is 100 cm³/mol. The van der Waals surface area contributed by atoms with E-state index in [-0.39, 0.29) is 18.3 Å². The highest BCUT2D eigenvalue weighted by atomic mass is 35.5. The monoisotopic (exact) mass is 393 g/mol. The molecule has 6 nitrogen and oxygen atoms in total. The Hall–Kier alpha value is -2.44. The molecule has 2 heterocycles. The van der Waals surface area contributed by atoms with Crippen LogP contribution in [0.25, 0.3) is 0 Å². The van der Waals surface area contributed by atoms with Gasteiger partial charge in [-0.25, -0.2) is 0 Å². The fourth-order valence-electron chi connectivity index (χ4n) is 2.45. The van der Waals surface area contributed by atoms with Crippen molar-refractivity contribution in [2.45, 2.75) is 20.5 Å². The molecule has 8 heteroatoms. The summed E-state index contributed by atoms with van der Waals surface area (Å²) in [6.07, 6.45) is 0. The summed E-state index contributed by atoms with van der Waals surface area (Å²) in [6.45, 7) is 3.85. The molecule has 1 aromatic carbocycles. The Labute approximate surface area is 160 Å². The molecule has 0 aliphatic rings. The quantitative estimate of drug-likeness (QED) is 0.677. The largest absolute Gasteiger partial charge is 0.484 e. The lowest BCUT2D eigenvalue weighted by Crippen LogP contribution is -2.12. The molecule has 1 N–H and O–H groups in total. The van der Waals surface area contributed by atoms with Gasteiger partial charge in [0.15, 0.2) is 5.76 Å². The van der Waals surface area contributed by atoms with E-state index in [0.29, 0.717) is 27.2 Å². The molecule has 0 radical (unpaired) electrons. The van der Waals surface area contributed by atoms with Crippen molar-refractivity contribution in [2.24, 2.45) is 7.05 Å². The van der Waals surface area contributed by atoms with Gasteiger partial charge in [0.1, 0.15) is 18.1 Å². The van der Waals surface area contributed by atoms with E-state index < -0.39 is 0 Å². The summed E-state index contributed by atoms with van der Waals surface area (Å²) in [5.41, 5.74) is 2.29. The Morgan fingerprint density at radius 1 is 1.27 bits per heavy atom. The number of hydrogen-bond acceptors (Lipinski definition) is 4. The Morgan fingerprint density at radius 3 is 2.69 bits per heavy atom. The zero-order valence-electron chi connectivity index (χ0n) is 14.5. The maximum Gasteiger partial charge on any atom is 0.291 e. The van der Waals surface area contributed by atoms with Crippen LogP contribution in [0.15, 0.2) is 34.7 Å². The average Bonchev–Trinajstić information content (AvgIpc) is 3.15. The summed E-state index contributed by atoms with van der Waals surface area (Å²) in [4.78, 5) is 12.4. The molecule has 136 valence electrons. The van der Waals surface area contributed by atoms with Gasteiger partial charge in [0.05, 0.1) is 22.1 Å². The van der Waals surface area contributed by atoms with Crippen molar-refractivity contribution in [3.05, 3.63) is 63.3 Å². The van der Waals surface area contributed by atoms with E-state index in [1.165, 1.54) is 0 Å². The molecular weight excluding hydrogens is 377 g/mol. The lowest BCUT2D eigenvalue weighted by Gasteiger charge is -2.06. The second-order valence-corrected chi connectivity index (χ2v) is 6.60. The molecule has 0 unspecified atom stereocenters. The minimum absolute atomic E-state index is 0.138. The summed E-state index contributed by atoms with van der Waals surface area (Å²) < 4.78 is 12.9. The van der Waals surface area contributed by atoms with Gasteiger partial charge < -0.3 is 14.5 Å². The second-order valence-electron chi connectivity index (χ2n) is 5.75. The summed E-state index contributed by atoms with van der Waals surface area (Å²) in [5, 5.41) is 8.03. The molecule has 0 saturated heterocycles. The van der Waals surface area contributed by atoms with Gasteiger partial charge >= 0.3 is 0 Å². The van der Waals surface area contributed by atoms with E-state index in [1.807, 2.05) is 20.9 Å². The number of carbonyl (C=O) groups is 1. The van der Waals surface area contributed by atoms with Crippen LogP contribution in [-0.4, -0.2) is 15.7 Å². The van der Waals surface area contributed by atoms with Crippen molar-refractivity contribution in [3.8, 4) is 5.75 Å². The topological polar surface area (TPSA) is 69.3 Å². The normalized spacial score (nSPS) is 10.8. The van der Waals surface area contributed by atoms with Crippen LogP contribution >= 0.6 is 23.2 Å². The summed E-state index contributed by atoms with van der Waals surface area (Å²) in [7, 11) is 1.82. The first-order chi connectivity index (χ1) is 12.3. The highest BCUT2D eigenvalue weighted by Gasteiger charge is 2.17. The van der Waals surface area contributed by atoms with Crippen LogP contribution in [0.4, 0.5) is 5.69 Å². The maximum absolute atomic E-state index is 12.4. The van der Waals surface area contributed by atoms with Gasteiger partial charge in [0, 0.05) is 12.1 Å². The van der Waals surface area contributed by atoms with E-state index in [1.54, 1.807) is 35.0 Å². The number of anilines is 1. The van der Waals surface area contributed by atoms with Crippen molar-refractivity contribution in [3.63, 3.8) is 0 Å². The fraction of sp³-hybridized carbons (Fsp3) is 0.222. The van der Waals surface area contributed by atoms with E-state index in [2.05, 4.69) is 10.4 Å². The smallest absolute Gasteiger partial charge is 0.291 e. The highest BCUT2D eigenvalue weighted by Crippen LogP contribution is 2.28. The molecule has 3 aromatic rings. The summed E-state index contributed by atoms with van der Waals surface area (Å²) >= 11 is 11.9. The van der Waals surface area contributed by atoms with Gasteiger partial charge in [-0.2, -0.15) is 5.10 Å². The number of halogens is 2. The number of amides is 1. The first-order valence-electron chi connectivity index (χ1n) is 7.83. The Bertz CT molecular complexity index is 963. The molecule has 0 spiro atoms. The number of rotatable bonds is 5. The van der Waals surface area contributed by atoms with Crippen molar-refractivity contribution in [2.75, 3.05) is 5.32 Å². The average molecular weight is 394 g/mol. The van der Waals surface area contributed by atoms with E-state index in [4.69, 9.17) is 32.4 Å². The molecule has 0 bridgehead atoms. The lowest BCUT2D eigenvalue weighted by atomic mass is 10.3. The van der Waals surface area contributed by atoms with Crippen LogP contribution in [-0.2, 0) is 13.7 Å².